The smallest absolute Gasteiger partial charge is 0.408 e. The average Bonchev–Trinajstić information content (AvgIpc) is 2.67. The predicted molar refractivity (Wildman–Crippen MR) is 115 cm³/mol. The molecule has 2 aliphatic carbocycles. The van der Waals surface area contributed by atoms with Crippen LogP contribution in [0.2, 0.25) is 0 Å². The number of carbonyl (C=O) groups excluding carboxylic acids is 2. The molecule has 0 unspecified atom stereocenters. The zero-order valence-corrected chi connectivity index (χ0v) is 18.9. The van der Waals surface area contributed by atoms with Crippen LogP contribution in [0.25, 0.3) is 0 Å². The number of carboxylic acids is 1. The van der Waals surface area contributed by atoms with Crippen molar-refractivity contribution in [1.29, 1.82) is 0 Å². The fourth-order valence-corrected chi connectivity index (χ4v) is 4.69. The number of hydrogen-bond acceptors (Lipinski definition) is 4. The van der Waals surface area contributed by atoms with Crippen molar-refractivity contribution in [3.05, 3.63) is 0 Å². The van der Waals surface area contributed by atoms with E-state index in [1.807, 2.05) is 0 Å². The summed E-state index contributed by atoms with van der Waals surface area (Å²) < 4.78 is 5.34. The Balaban J connectivity index is 2.02. The molecule has 0 bridgehead atoms. The van der Waals surface area contributed by atoms with Gasteiger partial charge in [-0.05, 0) is 45.4 Å². The van der Waals surface area contributed by atoms with Gasteiger partial charge in [-0.15, -0.1) is 0 Å². The summed E-state index contributed by atoms with van der Waals surface area (Å²) in [6.45, 7) is 5.31. The maximum atomic E-state index is 13.0. The summed E-state index contributed by atoms with van der Waals surface area (Å²) >= 11 is 0. The van der Waals surface area contributed by atoms with Crippen molar-refractivity contribution < 1.29 is 24.2 Å². The third kappa shape index (κ3) is 8.92. The van der Waals surface area contributed by atoms with Crippen molar-refractivity contribution in [2.24, 2.45) is 11.8 Å². The molecule has 0 aromatic heterocycles. The summed E-state index contributed by atoms with van der Waals surface area (Å²) in [6, 6.07) is -1.70. The maximum absolute atomic E-state index is 13.0. The van der Waals surface area contributed by atoms with Crippen LogP contribution in [0.3, 0.4) is 0 Å². The molecule has 2 saturated carbocycles. The third-order valence-electron chi connectivity index (χ3n) is 6.21. The molecular weight excluding hydrogens is 384 g/mol. The van der Waals surface area contributed by atoms with Crippen LogP contribution in [0, 0.1) is 11.8 Å². The Morgan fingerprint density at radius 1 is 0.833 bits per heavy atom. The number of rotatable bonds is 8. The van der Waals surface area contributed by atoms with Gasteiger partial charge in [-0.3, -0.25) is 4.79 Å². The number of ether oxygens (including phenoxy) is 1. The molecule has 7 nitrogen and oxygen atoms in total. The second-order valence-electron chi connectivity index (χ2n) is 10.1. The number of carbonyl (C=O) groups is 3. The molecule has 0 aromatic rings. The van der Waals surface area contributed by atoms with Crippen molar-refractivity contribution >= 4 is 18.0 Å². The zero-order valence-electron chi connectivity index (χ0n) is 18.9. The molecular formula is C23H40N2O5. The molecule has 3 N–H and O–H groups in total. The highest BCUT2D eigenvalue weighted by atomic mass is 16.6. The second kappa shape index (κ2) is 11.6. The van der Waals surface area contributed by atoms with Crippen LogP contribution in [-0.4, -0.2) is 40.8 Å². The normalized spacial score (nSPS) is 20.8. The van der Waals surface area contributed by atoms with Crippen molar-refractivity contribution in [3.63, 3.8) is 0 Å². The minimum absolute atomic E-state index is 0.329. The zero-order chi connectivity index (χ0) is 22.1. The van der Waals surface area contributed by atoms with E-state index in [1.54, 1.807) is 20.8 Å². The average molecular weight is 425 g/mol. The van der Waals surface area contributed by atoms with E-state index in [9.17, 15) is 19.5 Å². The number of alkyl carbamates (subject to hydrolysis) is 1. The SMILES string of the molecule is CC(C)(C)OC(=O)N[C@H](CC1CCCCC1)C(=O)N[C@H](CC1CCCCC1)C(=O)O. The van der Waals surface area contributed by atoms with Crippen molar-refractivity contribution in [2.75, 3.05) is 0 Å². The molecule has 0 spiro atoms. The van der Waals surface area contributed by atoms with Crippen LogP contribution in [0.1, 0.15) is 97.8 Å². The van der Waals surface area contributed by atoms with E-state index < -0.39 is 35.7 Å². The van der Waals surface area contributed by atoms with Gasteiger partial charge in [0.1, 0.15) is 17.7 Å². The van der Waals surface area contributed by atoms with Gasteiger partial charge in [0.25, 0.3) is 0 Å². The molecule has 2 aliphatic rings. The highest BCUT2D eigenvalue weighted by Crippen LogP contribution is 2.29. The molecule has 0 aromatic carbocycles. The van der Waals surface area contributed by atoms with E-state index >= 15 is 0 Å². The molecule has 0 saturated heterocycles. The standard InChI is InChI=1S/C23H40N2O5/c1-23(2,3)30-22(29)25-18(14-16-10-6-4-7-11-16)20(26)24-19(21(27)28)15-17-12-8-5-9-13-17/h16-19H,4-15H2,1-3H3,(H,24,26)(H,25,29)(H,27,28)/t18-,19-/m1/s1. The lowest BCUT2D eigenvalue weighted by Gasteiger charge is -2.29. The molecule has 2 rings (SSSR count). The number of nitrogens with one attached hydrogen (secondary N) is 2. The molecule has 30 heavy (non-hydrogen) atoms. The molecule has 2 amide bonds. The van der Waals surface area contributed by atoms with Crippen LogP contribution in [0.15, 0.2) is 0 Å². The van der Waals surface area contributed by atoms with Crippen LogP contribution in [0.4, 0.5) is 4.79 Å². The Labute approximate surface area is 180 Å². The Hall–Kier alpha value is -1.79. The number of hydrogen-bond donors (Lipinski definition) is 3. The number of amides is 2. The van der Waals surface area contributed by atoms with E-state index in [0.717, 1.165) is 51.4 Å². The number of carboxylic acid groups (broad SMARTS) is 1. The Morgan fingerprint density at radius 2 is 1.30 bits per heavy atom. The van der Waals surface area contributed by atoms with E-state index in [-0.39, 0.29) is 0 Å². The highest BCUT2D eigenvalue weighted by Gasteiger charge is 2.32. The van der Waals surface area contributed by atoms with E-state index in [4.69, 9.17) is 4.74 Å². The van der Waals surface area contributed by atoms with Crippen molar-refractivity contribution in [2.45, 2.75) is 116 Å². The Bertz CT molecular complexity index is 575. The molecule has 0 radical (unpaired) electrons. The fraction of sp³-hybridized carbons (Fsp3) is 0.870. The minimum Gasteiger partial charge on any atom is -0.480 e. The summed E-state index contributed by atoms with van der Waals surface area (Å²) in [6.07, 6.45) is 11.3. The number of aliphatic carboxylic acids is 1. The van der Waals surface area contributed by atoms with E-state index in [1.165, 1.54) is 12.8 Å². The first-order valence-electron chi connectivity index (χ1n) is 11.7. The molecule has 7 heteroatoms. The van der Waals surface area contributed by atoms with Crippen LogP contribution in [0.5, 0.6) is 0 Å². The summed E-state index contributed by atoms with van der Waals surface area (Å²) in [7, 11) is 0. The van der Waals surface area contributed by atoms with Gasteiger partial charge in [0, 0.05) is 0 Å². The van der Waals surface area contributed by atoms with Gasteiger partial charge >= 0.3 is 12.1 Å². The van der Waals surface area contributed by atoms with E-state index in [2.05, 4.69) is 10.6 Å². The van der Waals surface area contributed by atoms with Gasteiger partial charge in [0.15, 0.2) is 0 Å². The molecule has 0 heterocycles. The first-order valence-corrected chi connectivity index (χ1v) is 11.7. The lowest BCUT2D eigenvalue weighted by Crippen LogP contribution is -2.53. The van der Waals surface area contributed by atoms with Crippen molar-refractivity contribution in [1.82, 2.24) is 10.6 Å². The third-order valence-corrected chi connectivity index (χ3v) is 6.21. The van der Waals surface area contributed by atoms with Gasteiger partial charge < -0.3 is 20.5 Å². The maximum Gasteiger partial charge on any atom is 0.408 e. The van der Waals surface area contributed by atoms with Gasteiger partial charge in [0.2, 0.25) is 5.91 Å². The molecule has 0 aliphatic heterocycles. The monoisotopic (exact) mass is 424 g/mol. The minimum atomic E-state index is -1.01. The second-order valence-corrected chi connectivity index (χ2v) is 10.1. The Kier molecular flexibility index (Phi) is 9.43. The summed E-state index contributed by atoms with van der Waals surface area (Å²) in [4.78, 5) is 37.2. The van der Waals surface area contributed by atoms with Gasteiger partial charge in [-0.1, -0.05) is 64.2 Å². The fourth-order valence-electron chi connectivity index (χ4n) is 4.69. The van der Waals surface area contributed by atoms with Crippen LogP contribution < -0.4 is 10.6 Å². The summed E-state index contributed by atoms with van der Waals surface area (Å²) in [5.74, 6) is -0.751. The molecule has 2 atom stereocenters. The predicted octanol–water partition coefficient (Wildman–Crippen LogP) is 4.39. The highest BCUT2D eigenvalue weighted by molar-refractivity contribution is 5.89. The first kappa shape index (κ1) is 24.5. The Morgan fingerprint density at radius 3 is 1.73 bits per heavy atom. The first-order chi connectivity index (χ1) is 14.1. The topological polar surface area (TPSA) is 105 Å². The summed E-state index contributed by atoms with van der Waals surface area (Å²) in [5, 5.41) is 15.1. The quantitative estimate of drug-likeness (QED) is 0.536. The van der Waals surface area contributed by atoms with Crippen LogP contribution in [-0.2, 0) is 14.3 Å². The van der Waals surface area contributed by atoms with Gasteiger partial charge in [-0.2, -0.15) is 0 Å². The molecule has 172 valence electrons. The van der Waals surface area contributed by atoms with E-state index in [0.29, 0.717) is 24.7 Å². The van der Waals surface area contributed by atoms with Crippen molar-refractivity contribution in [3.8, 4) is 0 Å². The molecule has 2 fully saturated rings. The summed E-state index contributed by atoms with van der Waals surface area (Å²) in [5.41, 5.74) is -0.666. The van der Waals surface area contributed by atoms with Gasteiger partial charge in [-0.25, -0.2) is 9.59 Å². The lowest BCUT2D eigenvalue weighted by molar-refractivity contribution is -0.142. The van der Waals surface area contributed by atoms with Crippen LogP contribution >= 0.6 is 0 Å². The van der Waals surface area contributed by atoms with Gasteiger partial charge in [0.05, 0.1) is 0 Å². The lowest BCUT2D eigenvalue weighted by atomic mass is 9.84. The largest absolute Gasteiger partial charge is 0.480 e.